The maximum atomic E-state index is 12.5. The molecule has 0 aromatic carbocycles. The lowest BCUT2D eigenvalue weighted by molar-refractivity contribution is -0.128. The number of amides is 1. The summed E-state index contributed by atoms with van der Waals surface area (Å²) in [6, 6.07) is 2.82. The van der Waals surface area contributed by atoms with Crippen LogP contribution in [0.15, 0.2) is 23.2 Å². The van der Waals surface area contributed by atoms with Crippen LogP contribution in [0.25, 0.3) is 0 Å². The van der Waals surface area contributed by atoms with E-state index in [2.05, 4.69) is 4.98 Å². The van der Waals surface area contributed by atoms with Crippen LogP contribution >= 0.6 is 12.2 Å². The van der Waals surface area contributed by atoms with E-state index in [1.807, 2.05) is 0 Å². The van der Waals surface area contributed by atoms with Gasteiger partial charge in [-0.1, -0.05) is 19.1 Å². The third-order valence-corrected chi connectivity index (χ3v) is 4.90. The van der Waals surface area contributed by atoms with Gasteiger partial charge in [-0.05, 0) is 12.1 Å². The van der Waals surface area contributed by atoms with Gasteiger partial charge in [0.1, 0.15) is 9.88 Å². The number of likely N-dealkylation sites (N-methyl/N-ethyl adjacent to an activating group) is 2. The molecule has 2 N–H and O–H groups in total. The number of thiocarbonyl (C=S) groups is 1. The Hall–Kier alpha value is -1.58. The largest absolute Gasteiger partial charge is 0.388 e. The van der Waals surface area contributed by atoms with Crippen molar-refractivity contribution < 1.29 is 13.2 Å². The summed E-state index contributed by atoms with van der Waals surface area (Å²) in [5.74, 6) is -0.298. The minimum atomic E-state index is -3.78. The SMILES string of the molecule is CCN(CC(=O)N(C)C)S(=O)(=O)c1ccc(C(N)=S)nc1. The summed E-state index contributed by atoms with van der Waals surface area (Å²) >= 11 is 4.76. The van der Waals surface area contributed by atoms with Gasteiger partial charge in [-0.2, -0.15) is 4.31 Å². The molecular formula is C12H18N4O3S2. The van der Waals surface area contributed by atoms with Crippen molar-refractivity contribution in [1.29, 1.82) is 0 Å². The quantitative estimate of drug-likeness (QED) is 0.727. The number of nitrogens with two attached hydrogens (primary N) is 1. The summed E-state index contributed by atoms with van der Waals surface area (Å²) in [6.45, 7) is 1.62. The monoisotopic (exact) mass is 330 g/mol. The van der Waals surface area contributed by atoms with Crippen molar-refractivity contribution in [3.05, 3.63) is 24.0 Å². The van der Waals surface area contributed by atoms with Gasteiger partial charge in [0, 0.05) is 26.8 Å². The molecule has 1 rings (SSSR count). The number of sulfonamides is 1. The van der Waals surface area contributed by atoms with Crippen LogP contribution in [0.5, 0.6) is 0 Å². The molecule has 1 aromatic rings. The van der Waals surface area contributed by atoms with Crippen LogP contribution in [0.2, 0.25) is 0 Å². The van der Waals surface area contributed by atoms with Gasteiger partial charge in [0.25, 0.3) is 0 Å². The molecule has 0 fully saturated rings. The van der Waals surface area contributed by atoms with Crippen LogP contribution in [0.4, 0.5) is 0 Å². The van der Waals surface area contributed by atoms with Crippen LogP contribution in [0.3, 0.4) is 0 Å². The van der Waals surface area contributed by atoms with E-state index in [0.717, 1.165) is 4.31 Å². The lowest BCUT2D eigenvalue weighted by Gasteiger charge is -2.21. The molecule has 1 aromatic heterocycles. The summed E-state index contributed by atoms with van der Waals surface area (Å²) in [4.78, 5) is 17.0. The van der Waals surface area contributed by atoms with E-state index < -0.39 is 10.0 Å². The first kappa shape index (κ1) is 17.5. The summed E-state index contributed by atoms with van der Waals surface area (Å²) in [7, 11) is -0.641. The molecule has 0 aliphatic rings. The third kappa shape index (κ3) is 4.19. The van der Waals surface area contributed by atoms with E-state index in [1.54, 1.807) is 21.0 Å². The zero-order chi connectivity index (χ0) is 16.2. The van der Waals surface area contributed by atoms with Crippen LogP contribution in [-0.4, -0.2) is 60.7 Å². The molecule has 1 heterocycles. The first-order chi connectivity index (χ1) is 9.70. The molecule has 0 saturated carbocycles. The van der Waals surface area contributed by atoms with E-state index in [1.165, 1.54) is 23.2 Å². The molecule has 9 heteroatoms. The van der Waals surface area contributed by atoms with Crippen molar-refractivity contribution >= 4 is 33.1 Å². The Bertz CT molecular complexity index is 626. The van der Waals surface area contributed by atoms with Crippen LogP contribution in [0.1, 0.15) is 12.6 Å². The Kier molecular flexibility index (Phi) is 5.76. The van der Waals surface area contributed by atoms with Crippen molar-refractivity contribution in [2.24, 2.45) is 5.73 Å². The Morgan fingerprint density at radius 3 is 2.38 bits per heavy atom. The highest BCUT2D eigenvalue weighted by Crippen LogP contribution is 2.15. The molecule has 0 radical (unpaired) electrons. The smallest absolute Gasteiger partial charge is 0.245 e. The van der Waals surface area contributed by atoms with Gasteiger partial charge < -0.3 is 10.6 Å². The highest BCUT2D eigenvalue weighted by molar-refractivity contribution is 7.89. The fourth-order valence-corrected chi connectivity index (χ4v) is 2.95. The molecule has 0 aliphatic carbocycles. The third-order valence-electron chi connectivity index (χ3n) is 2.79. The van der Waals surface area contributed by atoms with Crippen molar-refractivity contribution in [2.45, 2.75) is 11.8 Å². The Balaban J connectivity index is 3.07. The highest BCUT2D eigenvalue weighted by atomic mass is 32.2. The van der Waals surface area contributed by atoms with Crippen molar-refractivity contribution in [3.63, 3.8) is 0 Å². The zero-order valence-electron chi connectivity index (χ0n) is 12.1. The highest BCUT2D eigenvalue weighted by Gasteiger charge is 2.26. The molecule has 0 bridgehead atoms. The second-order valence-electron chi connectivity index (χ2n) is 4.46. The van der Waals surface area contributed by atoms with E-state index in [9.17, 15) is 13.2 Å². The minimum absolute atomic E-state index is 0.00379. The number of hydrogen-bond donors (Lipinski definition) is 1. The molecule has 0 saturated heterocycles. The fourth-order valence-electron chi connectivity index (χ4n) is 1.49. The summed E-state index contributed by atoms with van der Waals surface area (Å²) in [6.07, 6.45) is 1.19. The van der Waals surface area contributed by atoms with E-state index in [0.29, 0.717) is 5.69 Å². The number of rotatable bonds is 6. The number of nitrogens with zero attached hydrogens (tertiary/aromatic N) is 3. The maximum absolute atomic E-state index is 12.5. The van der Waals surface area contributed by atoms with E-state index >= 15 is 0 Å². The molecule has 0 aliphatic heterocycles. The average molecular weight is 330 g/mol. The summed E-state index contributed by atoms with van der Waals surface area (Å²) < 4.78 is 26.0. The second kappa shape index (κ2) is 6.92. The predicted octanol–water partition coefficient (Wildman–Crippen LogP) is -0.185. The number of hydrogen-bond acceptors (Lipinski definition) is 5. The lowest BCUT2D eigenvalue weighted by Crippen LogP contribution is -2.40. The number of carbonyl (C=O) groups excluding carboxylic acids is 1. The number of carbonyl (C=O) groups is 1. The predicted molar refractivity (Wildman–Crippen MR) is 83.3 cm³/mol. The average Bonchev–Trinajstić information content (AvgIpc) is 2.44. The maximum Gasteiger partial charge on any atom is 0.245 e. The van der Waals surface area contributed by atoms with Gasteiger partial charge >= 0.3 is 0 Å². The molecular weight excluding hydrogens is 312 g/mol. The van der Waals surface area contributed by atoms with Crippen LogP contribution in [-0.2, 0) is 14.8 Å². The summed E-state index contributed by atoms with van der Waals surface area (Å²) in [5.41, 5.74) is 5.76. The topological polar surface area (TPSA) is 96.6 Å². The van der Waals surface area contributed by atoms with Gasteiger partial charge in [-0.3, -0.25) is 9.78 Å². The first-order valence-corrected chi connectivity index (χ1v) is 8.01. The normalized spacial score (nSPS) is 11.4. The zero-order valence-corrected chi connectivity index (χ0v) is 13.7. The molecule has 21 heavy (non-hydrogen) atoms. The van der Waals surface area contributed by atoms with Crippen LogP contribution < -0.4 is 5.73 Å². The van der Waals surface area contributed by atoms with Crippen molar-refractivity contribution in [3.8, 4) is 0 Å². The first-order valence-electron chi connectivity index (χ1n) is 6.16. The standard InChI is InChI=1S/C12H18N4O3S2/c1-4-16(8-11(17)15(2)3)21(18,19)9-5-6-10(12(13)20)14-7-9/h5-7H,4,8H2,1-3H3,(H2,13,20). The van der Waals surface area contributed by atoms with E-state index in [4.69, 9.17) is 18.0 Å². The van der Waals surface area contributed by atoms with Crippen molar-refractivity contribution in [1.82, 2.24) is 14.2 Å². The van der Waals surface area contributed by atoms with Gasteiger partial charge in [0.2, 0.25) is 15.9 Å². The minimum Gasteiger partial charge on any atom is -0.388 e. The van der Waals surface area contributed by atoms with E-state index in [-0.39, 0.29) is 28.9 Å². The number of aromatic nitrogens is 1. The van der Waals surface area contributed by atoms with Gasteiger partial charge in [-0.25, -0.2) is 8.42 Å². The molecule has 1 amide bonds. The van der Waals surface area contributed by atoms with Gasteiger partial charge in [-0.15, -0.1) is 0 Å². The second-order valence-corrected chi connectivity index (χ2v) is 6.84. The van der Waals surface area contributed by atoms with Crippen molar-refractivity contribution in [2.75, 3.05) is 27.2 Å². The Morgan fingerprint density at radius 1 is 1.38 bits per heavy atom. The molecule has 0 unspecified atom stereocenters. The lowest BCUT2D eigenvalue weighted by atomic mass is 10.3. The molecule has 116 valence electrons. The van der Waals surface area contributed by atoms with Gasteiger partial charge in [0.05, 0.1) is 12.2 Å². The molecule has 0 atom stereocenters. The Morgan fingerprint density at radius 2 is 2.00 bits per heavy atom. The fraction of sp³-hybridized carbons (Fsp3) is 0.417. The van der Waals surface area contributed by atoms with Crippen LogP contribution in [0, 0.1) is 0 Å². The molecule has 7 nitrogen and oxygen atoms in total. The van der Waals surface area contributed by atoms with Gasteiger partial charge in [0.15, 0.2) is 0 Å². The Labute approximate surface area is 129 Å². The number of pyridine rings is 1. The summed E-state index contributed by atoms with van der Waals surface area (Å²) in [5, 5.41) is 0. The molecule has 0 spiro atoms.